The van der Waals surface area contributed by atoms with Gasteiger partial charge in [0.1, 0.15) is 5.56 Å². The van der Waals surface area contributed by atoms with Crippen LogP contribution in [0.3, 0.4) is 0 Å². The van der Waals surface area contributed by atoms with Crippen LogP contribution in [0.25, 0.3) is 0 Å². The molecule has 21 heavy (non-hydrogen) atoms. The van der Waals surface area contributed by atoms with Crippen LogP contribution in [0.2, 0.25) is 0 Å². The highest BCUT2D eigenvalue weighted by Gasteiger charge is 2.26. The number of nitrogens with zero attached hydrogens (tertiary/aromatic N) is 1. The Hall–Kier alpha value is -2.11. The molecular formula is C15H20N2O4. The Kier molecular flexibility index (Phi) is 4.45. The highest BCUT2D eigenvalue weighted by molar-refractivity contribution is 5.93. The molecule has 0 spiro atoms. The summed E-state index contributed by atoms with van der Waals surface area (Å²) in [6.45, 7) is 4.41. The van der Waals surface area contributed by atoms with Gasteiger partial charge in [0.15, 0.2) is 0 Å². The lowest BCUT2D eigenvalue weighted by Gasteiger charge is -2.33. The SMILES string of the molecule is CC1CCC(Nc2ccc(C(=O)O)c([N+](=O)[O-])c2)C(C)C1. The summed E-state index contributed by atoms with van der Waals surface area (Å²) < 4.78 is 0. The van der Waals surface area contributed by atoms with Crippen molar-refractivity contribution < 1.29 is 14.8 Å². The van der Waals surface area contributed by atoms with Crippen LogP contribution in [0.15, 0.2) is 18.2 Å². The molecule has 2 rings (SSSR count). The Morgan fingerprint density at radius 1 is 1.38 bits per heavy atom. The fourth-order valence-corrected chi connectivity index (χ4v) is 3.05. The molecule has 114 valence electrons. The average Bonchev–Trinajstić information content (AvgIpc) is 2.41. The van der Waals surface area contributed by atoms with E-state index in [0.717, 1.165) is 19.3 Å². The lowest BCUT2D eigenvalue weighted by molar-refractivity contribution is -0.385. The van der Waals surface area contributed by atoms with Gasteiger partial charge in [-0.1, -0.05) is 13.8 Å². The Labute approximate surface area is 123 Å². The number of carboxylic acid groups (broad SMARTS) is 1. The van der Waals surface area contributed by atoms with Crippen LogP contribution in [0.1, 0.15) is 43.5 Å². The maximum absolute atomic E-state index is 11.0. The number of rotatable bonds is 4. The molecule has 0 bridgehead atoms. The van der Waals surface area contributed by atoms with Crippen LogP contribution in [-0.2, 0) is 0 Å². The van der Waals surface area contributed by atoms with Gasteiger partial charge in [-0.15, -0.1) is 0 Å². The van der Waals surface area contributed by atoms with Gasteiger partial charge in [0.2, 0.25) is 0 Å². The van der Waals surface area contributed by atoms with Crippen molar-refractivity contribution in [3.8, 4) is 0 Å². The molecule has 0 heterocycles. The second-order valence-corrected chi connectivity index (χ2v) is 5.94. The average molecular weight is 292 g/mol. The number of hydrogen-bond acceptors (Lipinski definition) is 4. The second-order valence-electron chi connectivity index (χ2n) is 5.94. The molecule has 6 nitrogen and oxygen atoms in total. The van der Waals surface area contributed by atoms with Crippen molar-refractivity contribution in [3.63, 3.8) is 0 Å². The van der Waals surface area contributed by atoms with E-state index < -0.39 is 10.9 Å². The zero-order valence-electron chi connectivity index (χ0n) is 12.2. The maximum Gasteiger partial charge on any atom is 0.342 e. The van der Waals surface area contributed by atoms with E-state index in [9.17, 15) is 14.9 Å². The predicted octanol–water partition coefficient (Wildman–Crippen LogP) is 3.53. The zero-order chi connectivity index (χ0) is 15.6. The summed E-state index contributed by atoms with van der Waals surface area (Å²) in [5, 5.41) is 23.3. The normalized spacial score (nSPS) is 25.3. The summed E-state index contributed by atoms with van der Waals surface area (Å²) in [7, 11) is 0. The minimum Gasteiger partial charge on any atom is -0.477 e. The highest BCUT2D eigenvalue weighted by atomic mass is 16.6. The van der Waals surface area contributed by atoms with Crippen LogP contribution in [0.4, 0.5) is 11.4 Å². The predicted molar refractivity (Wildman–Crippen MR) is 79.6 cm³/mol. The monoisotopic (exact) mass is 292 g/mol. The first-order valence-electron chi connectivity index (χ1n) is 7.16. The molecule has 1 aromatic rings. The Bertz CT molecular complexity index is 559. The van der Waals surface area contributed by atoms with E-state index in [1.807, 2.05) is 0 Å². The topological polar surface area (TPSA) is 92.5 Å². The van der Waals surface area contributed by atoms with Crippen molar-refractivity contribution in [2.45, 2.75) is 39.2 Å². The molecule has 0 radical (unpaired) electrons. The zero-order valence-corrected chi connectivity index (χ0v) is 12.2. The van der Waals surface area contributed by atoms with Crippen LogP contribution < -0.4 is 5.32 Å². The van der Waals surface area contributed by atoms with Gasteiger partial charge >= 0.3 is 5.97 Å². The van der Waals surface area contributed by atoms with Crippen LogP contribution in [0.5, 0.6) is 0 Å². The second kappa shape index (κ2) is 6.11. The first kappa shape index (κ1) is 15.3. The molecular weight excluding hydrogens is 272 g/mol. The van der Waals surface area contributed by atoms with Crippen molar-refractivity contribution in [2.24, 2.45) is 11.8 Å². The molecule has 1 aliphatic rings. The molecule has 1 fully saturated rings. The van der Waals surface area contributed by atoms with Crippen LogP contribution in [0, 0.1) is 22.0 Å². The van der Waals surface area contributed by atoms with Crippen LogP contribution in [-0.4, -0.2) is 22.0 Å². The number of nitrogens with one attached hydrogen (secondary N) is 1. The lowest BCUT2D eigenvalue weighted by Crippen LogP contribution is -2.33. The fraction of sp³-hybridized carbons (Fsp3) is 0.533. The molecule has 1 aromatic carbocycles. The minimum absolute atomic E-state index is 0.275. The molecule has 0 amide bonds. The summed E-state index contributed by atoms with van der Waals surface area (Å²) in [6, 6.07) is 4.48. The molecule has 1 aliphatic carbocycles. The lowest BCUT2D eigenvalue weighted by atomic mass is 9.80. The Balaban J connectivity index is 2.19. The first-order chi connectivity index (χ1) is 9.88. The largest absolute Gasteiger partial charge is 0.477 e. The summed E-state index contributed by atoms with van der Waals surface area (Å²) in [5.41, 5.74) is -0.0432. The van der Waals surface area contributed by atoms with Gasteiger partial charge in [0, 0.05) is 17.8 Å². The molecule has 1 saturated carbocycles. The summed E-state index contributed by atoms with van der Waals surface area (Å²) >= 11 is 0. The maximum atomic E-state index is 11.0. The van der Waals surface area contributed by atoms with Gasteiger partial charge in [0.05, 0.1) is 4.92 Å². The number of carbonyl (C=O) groups is 1. The van der Waals surface area contributed by atoms with Crippen molar-refractivity contribution in [3.05, 3.63) is 33.9 Å². The molecule has 0 aromatic heterocycles. The van der Waals surface area contributed by atoms with Gasteiger partial charge in [-0.2, -0.15) is 0 Å². The molecule has 6 heteroatoms. The third-order valence-corrected chi connectivity index (χ3v) is 4.21. The van der Waals surface area contributed by atoms with Crippen molar-refractivity contribution in [2.75, 3.05) is 5.32 Å². The van der Waals surface area contributed by atoms with E-state index in [1.54, 1.807) is 6.07 Å². The molecule has 3 unspecified atom stereocenters. The van der Waals surface area contributed by atoms with E-state index in [2.05, 4.69) is 19.2 Å². The minimum atomic E-state index is -1.28. The number of carboxylic acids is 1. The third kappa shape index (κ3) is 3.51. The van der Waals surface area contributed by atoms with Crippen molar-refractivity contribution in [1.82, 2.24) is 0 Å². The van der Waals surface area contributed by atoms with Crippen molar-refractivity contribution in [1.29, 1.82) is 0 Å². The Morgan fingerprint density at radius 3 is 2.67 bits per heavy atom. The standard InChI is InChI=1S/C15H20N2O4/c1-9-3-6-13(10(2)7-9)16-11-4-5-12(15(18)19)14(8-11)17(20)21/h4-5,8-10,13,16H,3,6-7H2,1-2H3,(H,18,19). The smallest absolute Gasteiger partial charge is 0.342 e. The first-order valence-corrected chi connectivity index (χ1v) is 7.16. The number of hydrogen-bond donors (Lipinski definition) is 2. The number of nitro benzene ring substituents is 1. The quantitative estimate of drug-likeness (QED) is 0.654. The van der Waals surface area contributed by atoms with Gasteiger partial charge in [-0.3, -0.25) is 10.1 Å². The van der Waals surface area contributed by atoms with E-state index in [4.69, 9.17) is 5.11 Å². The molecule has 0 aliphatic heterocycles. The molecule has 0 saturated heterocycles. The van der Waals surface area contributed by atoms with Gasteiger partial charge in [-0.05, 0) is 43.2 Å². The third-order valence-electron chi connectivity index (χ3n) is 4.21. The van der Waals surface area contributed by atoms with Gasteiger partial charge < -0.3 is 10.4 Å². The van der Waals surface area contributed by atoms with E-state index in [1.165, 1.54) is 12.1 Å². The highest BCUT2D eigenvalue weighted by Crippen LogP contribution is 2.32. The van der Waals surface area contributed by atoms with Crippen molar-refractivity contribution >= 4 is 17.3 Å². The van der Waals surface area contributed by atoms with Gasteiger partial charge in [0.25, 0.3) is 5.69 Å². The Morgan fingerprint density at radius 2 is 2.10 bits per heavy atom. The summed E-state index contributed by atoms with van der Waals surface area (Å²) in [6.07, 6.45) is 3.29. The molecule has 2 N–H and O–H groups in total. The summed E-state index contributed by atoms with van der Waals surface area (Å²) in [4.78, 5) is 21.3. The van der Waals surface area contributed by atoms with E-state index in [0.29, 0.717) is 17.5 Å². The number of aromatic carboxylic acids is 1. The number of nitro groups is 1. The van der Waals surface area contributed by atoms with Crippen LogP contribution >= 0.6 is 0 Å². The number of benzene rings is 1. The fourth-order valence-electron chi connectivity index (χ4n) is 3.05. The van der Waals surface area contributed by atoms with E-state index >= 15 is 0 Å². The van der Waals surface area contributed by atoms with E-state index in [-0.39, 0.29) is 17.3 Å². The molecule has 3 atom stereocenters. The summed E-state index contributed by atoms with van der Waals surface area (Å²) in [5.74, 6) is -0.0816. The van der Waals surface area contributed by atoms with Gasteiger partial charge in [-0.25, -0.2) is 4.79 Å². The number of anilines is 1.